The van der Waals surface area contributed by atoms with Crippen LogP contribution in [0.2, 0.25) is 0 Å². The van der Waals surface area contributed by atoms with E-state index in [0.29, 0.717) is 24.1 Å². The average molecular weight is 319 g/mol. The molecule has 1 amide bonds. The predicted molar refractivity (Wildman–Crippen MR) is 88.2 cm³/mol. The number of aliphatic hydroxyl groups is 1. The van der Waals surface area contributed by atoms with Crippen LogP contribution < -0.4 is 16.4 Å². The van der Waals surface area contributed by atoms with Crippen molar-refractivity contribution in [2.24, 2.45) is 11.7 Å². The van der Waals surface area contributed by atoms with E-state index in [4.69, 9.17) is 5.73 Å². The number of aromatic nitrogens is 2. The molecule has 3 unspecified atom stereocenters. The molecule has 7 nitrogen and oxygen atoms in total. The van der Waals surface area contributed by atoms with Gasteiger partial charge in [-0.1, -0.05) is 6.92 Å². The molecule has 0 bridgehead atoms. The highest BCUT2D eigenvalue weighted by Gasteiger charge is 2.38. The minimum atomic E-state index is -0.554. The zero-order valence-electron chi connectivity index (χ0n) is 13.7. The van der Waals surface area contributed by atoms with Crippen LogP contribution in [-0.4, -0.2) is 38.7 Å². The van der Waals surface area contributed by atoms with Gasteiger partial charge in [-0.05, 0) is 44.9 Å². The second-order valence-electron chi connectivity index (χ2n) is 7.20. The average Bonchev–Trinajstić information content (AvgIpc) is 3.20. The molecule has 0 saturated heterocycles. The van der Waals surface area contributed by atoms with Crippen molar-refractivity contribution < 1.29 is 9.90 Å². The maximum absolute atomic E-state index is 11.6. The molecule has 3 atom stereocenters. The molecule has 0 aromatic carbocycles. The van der Waals surface area contributed by atoms with Crippen molar-refractivity contribution in [3.63, 3.8) is 0 Å². The smallest absolute Gasteiger partial charge is 0.254 e. The zero-order valence-corrected chi connectivity index (χ0v) is 13.7. The van der Waals surface area contributed by atoms with Crippen molar-refractivity contribution in [3.05, 3.63) is 11.8 Å². The number of carbonyl (C=O) groups is 1. The molecule has 1 aromatic rings. The Balaban J connectivity index is 1.77. The van der Waals surface area contributed by atoms with Crippen LogP contribution in [0.15, 0.2) is 6.20 Å². The van der Waals surface area contributed by atoms with E-state index in [1.165, 1.54) is 6.20 Å². The van der Waals surface area contributed by atoms with E-state index in [2.05, 4.69) is 34.4 Å². The van der Waals surface area contributed by atoms with Gasteiger partial charge in [-0.25, -0.2) is 4.98 Å². The Labute approximate surface area is 136 Å². The Morgan fingerprint density at radius 2 is 2.17 bits per heavy atom. The fourth-order valence-corrected chi connectivity index (χ4v) is 2.94. The molecule has 126 valence electrons. The van der Waals surface area contributed by atoms with Crippen LogP contribution in [0.5, 0.6) is 0 Å². The molecule has 1 aromatic heterocycles. The summed E-state index contributed by atoms with van der Waals surface area (Å²) < 4.78 is 0. The van der Waals surface area contributed by atoms with Crippen LogP contribution in [0.25, 0.3) is 0 Å². The highest BCUT2D eigenvalue weighted by Crippen LogP contribution is 2.37. The fourth-order valence-electron chi connectivity index (χ4n) is 2.94. The monoisotopic (exact) mass is 319 g/mol. The molecule has 5 N–H and O–H groups in total. The zero-order chi connectivity index (χ0) is 16.6. The summed E-state index contributed by atoms with van der Waals surface area (Å²) in [5, 5.41) is 16.6. The first-order valence-corrected chi connectivity index (χ1v) is 8.26. The van der Waals surface area contributed by atoms with Crippen LogP contribution >= 0.6 is 0 Å². The summed E-state index contributed by atoms with van der Waals surface area (Å²) >= 11 is 0. The van der Waals surface area contributed by atoms with Gasteiger partial charge in [-0.2, -0.15) is 4.98 Å². The van der Waals surface area contributed by atoms with Gasteiger partial charge in [-0.15, -0.1) is 0 Å². The third kappa shape index (κ3) is 3.72. The third-order valence-corrected chi connectivity index (χ3v) is 4.96. The lowest BCUT2D eigenvalue weighted by atomic mass is 9.85. The van der Waals surface area contributed by atoms with E-state index in [1.807, 2.05) is 0 Å². The number of carbonyl (C=O) groups excluding carboxylic acids is 1. The Morgan fingerprint density at radius 1 is 1.43 bits per heavy atom. The first kappa shape index (κ1) is 16.0. The Hall–Kier alpha value is -1.89. The second-order valence-corrected chi connectivity index (χ2v) is 7.20. The van der Waals surface area contributed by atoms with Crippen LogP contribution in [0.4, 0.5) is 11.8 Å². The minimum absolute atomic E-state index is 0.0575. The van der Waals surface area contributed by atoms with Crippen molar-refractivity contribution in [1.82, 2.24) is 9.97 Å². The molecule has 3 rings (SSSR count). The van der Waals surface area contributed by atoms with Gasteiger partial charge in [0.2, 0.25) is 5.95 Å². The maximum Gasteiger partial charge on any atom is 0.254 e. The maximum atomic E-state index is 11.6. The topological polar surface area (TPSA) is 113 Å². The molecule has 0 radical (unpaired) electrons. The van der Waals surface area contributed by atoms with E-state index < -0.39 is 5.91 Å². The molecule has 2 fully saturated rings. The number of amides is 1. The number of nitrogens with one attached hydrogen (secondary N) is 2. The van der Waals surface area contributed by atoms with Gasteiger partial charge in [-0.3, -0.25) is 4.79 Å². The molecule has 1 heterocycles. The van der Waals surface area contributed by atoms with E-state index in [9.17, 15) is 9.90 Å². The van der Waals surface area contributed by atoms with Crippen molar-refractivity contribution in [2.45, 2.75) is 63.6 Å². The fraction of sp³-hybridized carbons (Fsp3) is 0.688. The van der Waals surface area contributed by atoms with Crippen molar-refractivity contribution in [3.8, 4) is 0 Å². The van der Waals surface area contributed by atoms with Crippen molar-refractivity contribution in [1.29, 1.82) is 0 Å². The van der Waals surface area contributed by atoms with E-state index in [1.54, 1.807) is 0 Å². The second kappa shape index (κ2) is 5.96. The van der Waals surface area contributed by atoms with E-state index >= 15 is 0 Å². The SMILES string of the molecule is CC1CCC(Nc2nc(NC3(C)CC3)ncc2C(N)=O)CC1O. The largest absolute Gasteiger partial charge is 0.393 e. The van der Waals surface area contributed by atoms with Gasteiger partial charge >= 0.3 is 0 Å². The number of hydrogen-bond donors (Lipinski definition) is 4. The molecule has 23 heavy (non-hydrogen) atoms. The summed E-state index contributed by atoms with van der Waals surface area (Å²) in [4.78, 5) is 20.3. The van der Waals surface area contributed by atoms with Crippen molar-refractivity contribution in [2.75, 3.05) is 10.6 Å². The standard InChI is InChI=1S/C16H25N5O2/c1-9-3-4-10(7-12(9)22)19-14-11(13(17)23)8-18-15(20-14)21-16(2)5-6-16/h8-10,12,22H,3-7H2,1-2H3,(H2,17,23)(H2,18,19,20,21). The molecule has 0 aliphatic heterocycles. The molecular weight excluding hydrogens is 294 g/mol. The predicted octanol–water partition coefficient (Wildman–Crippen LogP) is 1.50. The number of anilines is 2. The number of rotatable bonds is 5. The lowest BCUT2D eigenvalue weighted by Gasteiger charge is -2.32. The lowest BCUT2D eigenvalue weighted by Crippen LogP contribution is -2.35. The van der Waals surface area contributed by atoms with Gasteiger partial charge < -0.3 is 21.5 Å². The van der Waals surface area contributed by atoms with Crippen LogP contribution in [0, 0.1) is 5.92 Å². The number of aliphatic hydroxyl groups excluding tert-OH is 1. The first-order valence-electron chi connectivity index (χ1n) is 8.26. The van der Waals surface area contributed by atoms with Crippen LogP contribution in [0.3, 0.4) is 0 Å². The summed E-state index contributed by atoms with van der Waals surface area (Å²) in [6.45, 7) is 4.17. The quantitative estimate of drug-likeness (QED) is 0.654. The summed E-state index contributed by atoms with van der Waals surface area (Å²) in [5.41, 5.74) is 5.77. The first-order chi connectivity index (χ1) is 10.9. The molecule has 2 aliphatic rings. The van der Waals surface area contributed by atoms with E-state index in [-0.39, 0.29) is 23.2 Å². The Morgan fingerprint density at radius 3 is 2.78 bits per heavy atom. The molecule has 2 saturated carbocycles. The summed E-state index contributed by atoms with van der Waals surface area (Å²) in [7, 11) is 0. The summed E-state index contributed by atoms with van der Waals surface area (Å²) in [6, 6.07) is 0.0820. The van der Waals surface area contributed by atoms with Gasteiger partial charge in [0.05, 0.1) is 11.7 Å². The Kier molecular flexibility index (Phi) is 4.14. The highest BCUT2D eigenvalue weighted by molar-refractivity contribution is 5.97. The Bertz CT molecular complexity index is 602. The van der Waals surface area contributed by atoms with Crippen LogP contribution in [0.1, 0.15) is 56.3 Å². The van der Waals surface area contributed by atoms with Crippen LogP contribution in [-0.2, 0) is 0 Å². The van der Waals surface area contributed by atoms with Gasteiger partial charge in [0.1, 0.15) is 5.82 Å². The number of hydrogen-bond acceptors (Lipinski definition) is 6. The lowest BCUT2D eigenvalue weighted by molar-refractivity contribution is 0.0739. The normalized spacial score (nSPS) is 28.9. The van der Waals surface area contributed by atoms with Crippen molar-refractivity contribution >= 4 is 17.7 Å². The molecular formula is C16H25N5O2. The van der Waals surface area contributed by atoms with Gasteiger partial charge in [0.15, 0.2) is 0 Å². The number of nitrogens with zero attached hydrogens (tertiary/aromatic N) is 2. The number of primary amides is 1. The minimum Gasteiger partial charge on any atom is -0.393 e. The molecule has 7 heteroatoms. The molecule has 2 aliphatic carbocycles. The third-order valence-electron chi connectivity index (χ3n) is 4.96. The molecule has 0 spiro atoms. The summed E-state index contributed by atoms with van der Waals surface area (Å²) in [5.74, 6) is 0.704. The number of nitrogens with two attached hydrogens (primary N) is 1. The summed E-state index contributed by atoms with van der Waals surface area (Å²) in [6.07, 6.45) is 5.83. The van der Waals surface area contributed by atoms with E-state index in [0.717, 1.165) is 25.7 Å². The van der Waals surface area contributed by atoms with Gasteiger partial charge in [0, 0.05) is 17.8 Å². The van der Waals surface area contributed by atoms with Gasteiger partial charge in [0.25, 0.3) is 5.91 Å². The highest BCUT2D eigenvalue weighted by atomic mass is 16.3.